The molecule has 1 heterocycles. The minimum atomic E-state index is -0.930. The predicted octanol–water partition coefficient (Wildman–Crippen LogP) is 1.69. The molecule has 1 N–H and O–H groups in total. The largest absolute Gasteiger partial charge is 0.337 e. The molecule has 6 heteroatoms. The summed E-state index contributed by atoms with van der Waals surface area (Å²) in [6, 6.07) is 9.76. The van der Waals surface area contributed by atoms with Crippen LogP contribution in [0, 0.1) is 0 Å². The van der Waals surface area contributed by atoms with Crippen molar-refractivity contribution in [1.82, 2.24) is 10.2 Å². The molecule has 4 nitrogen and oxygen atoms in total. The van der Waals surface area contributed by atoms with Gasteiger partial charge in [0.15, 0.2) is 0 Å². The molecule has 1 unspecified atom stereocenters. The Morgan fingerprint density at radius 2 is 1.95 bits per heavy atom. The van der Waals surface area contributed by atoms with Crippen LogP contribution in [0.1, 0.15) is 5.56 Å². The third kappa shape index (κ3) is 5.17. The van der Waals surface area contributed by atoms with E-state index in [-0.39, 0.29) is 6.03 Å². The van der Waals surface area contributed by atoms with Crippen LogP contribution in [0.3, 0.4) is 0 Å². The quantitative estimate of drug-likeness (QED) is 0.900. The van der Waals surface area contributed by atoms with Crippen LogP contribution < -0.4 is 5.32 Å². The van der Waals surface area contributed by atoms with E-state index in [0.29, 0.717) is 18.1 Å². The van der Waals surface area contributed by atoms with Crippen molar-refractivity contribution < 1.29 is 9.00 Å². The van der Waals surface area contributed by atoms with Crippen molar-refractivity contribution in [2.75, 3.05) is 36.9 Å². The molecule has 1 atom stereocenters. The molecule has 2 amide bonds. The van der Waals surface area contributed by atoms with Crippen LogP contribution in [0.5, 0.6) is 0 Å². The van der Waals surface area contributed by atoms with Crippen LogP contribution in [0.2, 0.25) is 0 Å². The van der Waals surface area contributed by atoms with Gasteiger partial charge in [-0.3, -0.25) is 4.21 Å². The van der Waals surface area contributed by atoms with E-state index >= 15 is 0 Å². The summed E-state index contributed by atoms with van der Waals surface area (Å²) in [5, 5.41) is 2.85. The third-order valence-electron chi connectivity index (χ3n) is 3.07. The zero-order valence-corrected chi connectivity index (χ0v) is 13.0. The van der Waals surface area contributed by atoms with Gasteiger partial charge in [-0.1, -0.05) is 30.3 Å². The van der Waals surface area contributed by atoms with Crippen LogP contribution in [-0.2, 0) is 16.6 Å². The smallest absolute Gasteiger partial charge is 0.317 e. The number of hydrogen-bond acceptors (Lipinski definition) is 3. The zero-order chi connectivity index (χ0) is 14.2. The maximum absolute atomic E-state index is 11.9. The second-order valence-corrected chi connectivity index (χ2v) is 7.41. The van der Waals surface area contributed by atoms with Gasteiger partial charge in [0.2, 0.25) is 0 Å². The van der Waals surface area contributed by atoms with Crippen LogP contribution >= 0.6 is 11.8 Å². The number of hydrogen-bond donors (Lipinski definition) is 1. The predicted molar refractivity (Wildman–Crippen MR) is 85.5 cm³/mol. The molecule has 0 saturated carbocycles. The van der Waals surface area contributed by atoms with E-state index in [1.54, 1.807) is 0 Å². The number of nitrogens with one attached hydrogen (secondary N) is 1. The van der Waals surface area contributed by atoms with Gasteiger partial charge in [-0.05, 0) is 5.56 Å². The van der Waals surface area contributed by atoms with Gasteiger partial charge < -0.3 is 10.2 Å². The van der Waals surface area contributed by atoms with E-state index in [9.17, 15) is 9.00 Å². The summed E-state index contributed by atoms with van der Waals surface area (Å²) in [7, 11) is -0.930. The summed E-state index contributed by atoms with van der Waals surface area (Å²) in [5.74, 6) is 3.07. The maximum atomic E-state index is 11.9. The van der Waals surface area contributed by atoms with Crippen molar-refractivity contribution in [3.63, 3.8) is 0 Å². The van der Waals surface area contributed by atoms with Crippen molar-refractivity contribution in [2.45, 2.75) is 5.75 Å². The topological polar surface area (TPSA) is 49.4 Å². The Morgan fingerprint density at radius 3 is 2.65 bits per heavy atom. The molecule has 1 aromatic carbocycles. The monoisotopic (exact) mass is 312 g/mol. The first-order chi connectivity index (χ1) is 9.75. The van der Waals surface area contributed by atoms with E-state index in [1.165, 1.54) is 0 Å². The van der Waals surface area contributed by atoms with E-state index in [0.717, 1.165) is 30.2 Å². The number of benzene rings is 1. The average molecular weight is 312 g/mol. The summed E-state index contributed by atoms with van der Waals surface area (Å²) in [6.07, 6.45) is 0. The maximum Gasteiger partial charge on any atom is 0.317 e. The van der Waals surface area contributed by atoms with E-state index < -0.39 is 10.8 Å². The lowest BCUT2D eigenvalue weighted by atomic mass is 10.2. The summed E-state index contributed by atoms with van der Waals surface area (Å²) in [4.78, 5) is 13.7. The van der Waals surface area contributed by atoms with Crippen molar-refractivity contribution in [2.24, 2.45) is 0 Å². The summed E-state index contributed by atoms with van der Waals surface area (Å²) < 4.78 is 11.9. The Hall–Kier alpha value is -1.01. The van der Waals surface area contributed by atoms with Gasteiger partial charge >= 0.3 is 6.03 Å². The minimum Gasteiger partial charge on any atom is -0.337 e. The van der Waals surface area contributed by atoms with Gasteiger partial charge in [0.1, 0.15) is 0 Å². The number of carbonyl (C=O) groups excluding carboxylic acids is 1. The second kappa shape index (κ2) is 8.32. The Balaban J connectivity index is 1.65. The van der Waals surface area contributed by atoms with Gasteiger partial charge in [-0.2, -0.15) is 11.8 Å². The normalized spacial score (nSPS) is 16.7. The first-order valence-electron chi connectivity index (χ1n) is 6.75. The SMILES string of the molecule is O=C(NCCS(=O)Cc1ccccc1)N1CCSCC1. The van der Waals surface area contributed by atoms with Crippen LogP contribution in [0.25, 0.3) is 0 Å². The van der Waals surface area contributed by atoms with Gasteiger partial charge in [-0.15, -0.1) is 0 Å². The zero-order valence-electron chi connectivity index (χ0n) is 11.4. The van der Waals surface area contributed by atoms with Crippen molar-refractivity contribution in [1.29, 1.82) is 0 Å². The molecule has 1 aliphatic rings. The lowest BCUT2D eigenvalue weighted by Crippen LogP contribution is -2.45. The molecular formula is C14H20N2O2S2. The van der Waals surface area contributed by atoms with Crippen molar-refractivity contribution in [3.05, 3.63) is 35.9 Å². The number of rotatable bonds is 5. The molecule has 0 bridgehead atoms. The van der Waals surface area contributed by atoms with E-state index in [1.807, 2.05) is 47.0 Å². The fourth-order valence-electron chi connectivity index (χ4n) is 1.98. The van der Waals surface area contributed by atoms with E-state index in [4.69, 9.17) is 0 Å². The van der Waals surface area contributed by atoms with Crippen molar-refractivity contribution in [3.8, 4) is 0 Å². The molecule has 0 radical (unpaired) electrons. The number of amides is 2. The third-order valence-corrected chi connectivity index (χ3v) is 5.33. The molecular weight excluding hydrogens is 292 g/mol. The lowest BCUT2D eigenvalue weighted by Gasteiger charge is -2.26. The molecule has 0 spiro atoms. The van der Waals surface area contributed by atoms with E-state index in [2.05, 4.69) is 5.32 Å². The Bertz CT molecular complexity index is 448. The molecule has 0 aliphatic carbocycles. The van der Waals surface area contributed by atoms with Crippen LogP contribution in [0.15, 0.2) is 30.3 Å². The lowest BCUT2D eigenvalue weighted by molar-refractivity contribution is 0.204. The molecule has 2 rings (SSSR count). The highest BCUT2D eigenvalue weighted by Gasteiger charge is 2.16. The first-order valence-corrected chi connectivity index (χ1v) is 9.39. The standard InChI is InChI=1S/C14H20N2O2S2/c17-14(16-7-9-19-10-8-16)15-6-11-20(18)12-13-4-2-1-3-5-13/h1-5H,6-12H2,(H,15,17). The summed E-state index contributed by atoms with van der Waals surface area (Å²) in [5.41, 5.74) is 1.07. The fourth-order valence-corrected chi connectivity index (χ4v) is 3.92. The van der Waals surface area contributed by atoms with Crippen LogP contribution in [0.4, 0.5) is 4.79 Å². The highest BCUT2D eigenvalue weighted by atomic mass is 32.2. The Labute approximate surface area is 126 Å². The molecule has 20 heavy (non-hydrogen) atoms. The van der Waals surface area contributed by atoms with Gasteiger partial charge in [-0.25, -0.2) is 4.79 Å². The van der Waals surface area contributed by atoms with Gasteiger partial charge in [0.05, 0.1) is 0 Å². The highest BCUT2D eigenvalue weighted by molar-refractivity contribution is 7.99. The highest BCUT2D eigenvalue weighted by Crippen LogP contribution is 2.08. The molecule has 110 valence electrons. The van der Waals surface area contributed by atoms with Crippen LogP contribution in [-0.4, -0.2) is 52.0 Å². The number of nitrogens with zero attached hydrogens (tertiary/aromatic N) is 1. The first kappa shape index (κ1) is 15.4. The molecule has 1 saturated heterocycles. The molecule has 1 fully saturated rings. The fraction of sp³-hybridized carbons (Fsp3) is 0.500. The van der Waals surface area contributed by atoms with Gasteiger partial charge in [0.25, 0.3) is 0 Å². The molecule has 1 aliphatic heterocycles. The number of thioether (sulfide) groups is 1. The summed E-state index contributed by atoms with van der Waals surface area (Å²) in [6.45, 7) is 2.09. The van der Waals surface area contributed by atoms with Gasteiger partial charge in [0, 0.05) is 53.4 Å². The number of carbonyl (C=O) groups is 1. The molecule has 0 aromatic heterocycles. The molecule has 1 aromatic rings. The average Bonchev–Trinajstić information content (AvgIpc) is 2.49. The number of urea groups is 1. The Kier molecular flexibility index (Phi) is 6.39. The summed E-state index contributed by atoms with van der Waals surface area (Å²) >= 11 is 1.88. The Morgan fingerprint density at radius 1 is 1.25 bits per heavy atom. The second-order valence-electron chi connectivity index (χ2n) is 4.61. The minimum absolute atomic E-state index is 0.0259. The van der Waals surface area contributed by atoms with Crippen molar-refractivity contribution >= 4 is 28.6 Å².